The van der Waals surface area contributed by atoms with E-state index in [2.05, 4.69) is 75.9 Å². The van der Waals surface area contributed by atoms with Gasteiger partial charge in [0.1, 0.15) is 56.5 Å². The Morgan fingerprint density at radius 3 is 1.18 bits per heavy atom. The largest absolute Gasteiger partial charge is 0.477 e. The Balaban J connectivity index is 0.000000108. The average Bonchev–Trinajstić information content (AvgIpc) is 1.57. The lowest BCUT2D eigenvalue weighted by molar-refractivity contribution is -0.115. The van der Waals surface area contributed by atoms with E-state index in [1.165, 1.54) is 111 Å². The Morgan fingerprint density at radius 2 is 0.779 bits per heavy atom. The molecule has 0 saturated heterocycles. The molecule has 0 spiro atoms. The van der Waals surface area contributed by atoms with E-state index >= 15 is 0 Å². The Kier molecular flexibility index (Phi) is 22.8. The summed E-state index contributed by atoms with van der Waals surface area (Å²) in [5, 5.41) is 36.5. The molecule has 15 heterocycles. The van der Waals surface area contributed by atoms with Gasteiger partial charge in [-0.1, -0.05) is 42.5 Å². The van der Waals surface area contributed by atoms with Crippen LogP contribution in [-0.4, -0.2) is 147 Å². The molecule has 15 aromatic heterocycles. The van der Waals surface area contributed by atoms with Gasteiger partial charge in [-0.25, -0.2) is 33.7 Å². The van der Waals surface area contributed by atoms with Crippen LogP contribution in [0.2, 0.25) is 0 Å². The SMILES string of the molecule is Cc1ccc(-c2c(=O)n(-c3ccc4nn(C)cc4c3)nc3ccc(NCC(F)(F)F)nc23)cn1.Cc1ccc(-c2c(=O)n(-c3ccc4nn(C)cc4c3)nc3ccc(OCC4CC4)nc23)cn1.Cn1cc2cc(-n3nc4ccc(OCC5CC5)nc4c(-c4ccc(C5CC5)nc4)c3=O)ccc2n1.O=c1c(-c2ccc(C3CC3)cc2)c2nc(OCC(F)F)ccc2nn1-c1ccc2ncsc2c1. The first kappa shape index (κ1) is 86.6. The summed E-state index contributed by atoms with van der Waals surface area (Å²) in [6, 6.07) is 54.8. The van der Waals surface area contributed by atoms with Gasteiger partial charge in [0.2, 0.25) is 17.6 Å². The lowest BCUT2D eigenvalue weighted by atomic mass is 10.0. The molecule has 4 aliphatic carbocycles. The van der Waals surface area contributed by atoms with E-state index in [0.29, 0.717) is 143 Å². The minimum Gasteiger partial charge on any atom is -0.477 e. The number of hydrogen-bond acceptors (Lipinski definition) is 24. The quantitative estimate of drug-likeness (QED) is 0.0653. The number of benzene rings is 5. The zero-order chi connectivity index (χ0) is 93.3. The summed E-state index contributed by atoms with van der Waals surface area (Å²) >= 11 is 1.48. The predicted octanol–water partition coefficient (Wildman–Crippen LogP) is 17.8. The summed E-state index contributed by atoms with van der Waals surface area (Å²) in [4.78, 5) is 90.8. The van der Waals surface area contributed by atoms with E-state index in [1.807, 2.05) is 168 Å². The number of nitrogens with zero attached hydrogens (tertiary/aromatic N) is 22. The van der Waals surface area contributed by atoms with Crippen LogP contribution in [0.15, 0.2) is 244 Å². The van der Waals surface area contributed by atoms with Crippen molar-refractivity contribution in [3.63, 3.8) is 0 Å². The highest BCUT2D eigenvalue weighted by Crippen LogP contribution is 2.43. The first-order valence-corrected chi connectivity index (χ1v) is 45.1. The third-order valence-corrected chi connectivity index (χ3v) is 24.6. The monoisotopic (exact) mass is 1840 g/mol. The van der Waals surface area contributed by atoms with Crippen molar-refractivity contribution in [2.45, 2.75) is 89.7 Å². The molecule has 20 aromatic rings. The molecule has 5 aromatic carbocycles. The van der Waals surface area contributed by atoms with Crippen molar-refractivity contribution >= 4 is 104 Å². The molecular formula is C100H82F5N23O7S. The van der Waals surface area contributed by atoms with Crippen molar-refractivity contribution in [2.75, 3.05) is 31.7 Å². The van der Waals surface area contributed by atoms with E-state index in [9.17, 15) is 41.1 Å². The summed E-state index contributed by atoms with van der Waals surface area (Å²) in [7, 11) is 5.56. The normalized spacial score (nSPS) is 13.8. The maximum absolute atomic E-state index is 13.9. The zero-order valence-corrected chi connectivity index (χ0v) is 74.5. The van der Waals surface area contributed by atoms with E-state index in [0.717, 1.165) is 65.6 Å². The summed E-state index contributed by atoms with van der Waals surface area (Å²) in [5.41, 5.74) is 17.8. The summed E-state index contributed by atoms with van der Waals surface area (Å²) < 4.78 is 91.9. The van der Waals surface area contributed by atoms with E-state index in [1.54, 1.807) is 81.5 Å². The fourth-order valence-corrected chi connectivity index (χ4v) is 16.9. The third-order valence-electron chi connectivity index (χ3n) is 23.8. The number of fused-ring (bicyclic) bond motifs is 8. The van der Waals surface area contributed by atoms with Crippen LogP contribution in [0.5, 0.6) is 17.6 Å². The van der Waals surface area contributed by atoms with Crippen LogP contribution in [0.3, 0.4) is 0 Å². The molecule has 0 aliphatic heterocycles. The minimum absolute atomic E-state index is 0.0122. The maximum atomic E-state index is 13.9. The molecule has 680 valence electrons. The lowest BCUT2D eigenvalue weighted by Crippen LogP contribution is -2.24. The molecule has 30 nitrogen and oxygen atoms in total. The van der Waals surface area contributed by atoms with Gasteiger partial charge in [-0.3, -0.25) is 48.2 Å². The van der Waals surface area contributed by atoms with Crippen molar-refractivity contribution in [3.05, 3.63) is 289 Å². The van der Waals surface area contributed by atoms with E-state index in [4.69, 9.17) is 19.2 Å². The molecule has 0 amide bonds. The smallest absolute Gasteiger partial charge is 0.405 e. The van der Waals surface area contributed by atoms with Crippen LogP contribution in [-0.2, 0) is 21.1 Å². The Bertz CT molecular complexity index is 8320. The minimum atomic E-state index is -4.41. The molecule has 4 aliphatic rings. The number of alkyl halides is 5. The van der Waals surface area contributed by atoms with Crippen molar-refractivity contribution in [1.29, 1.82) is 0 Å². The van der Waals surface area contributed by atoms with Gasteiger partial charge in [0, 0.05) is 132 Å². The highest BCUT2D eigenvalue weighted by Gasteiger charge is 2.31. The first-order chi connectivity index (χ1) is 65.9. The van der Waals surface area contributed by atoms with Crippen LogP contribution < -0.4 is 41.8 Å². The molecule has 36 heteroatoms. The van der Waals surface area contributed by atoms with Crippen LogP contribution in [0.1, 0.15) is 85.8 Å². The van der Waals surface area contributed by atoms with Crippen LogP contribution >= 0.6 is 11.3 Å². The Labute approximate surface area is 772 Å². The first-order valence-electron chi connectivity index (χ1n) is 44.2. The molecule has 136 heavy (non-hydrogen) atoms. The number of aryl methyl sites for hydroxylation is 5. The molecule has 24 rings (SSSR count). The molecule has 0 atom stereocenters. The third kappa shape index (κ3) is 18.5. The number of ether oxygens (including phenoxy) is 3. The topological polar surface area (TPSA) is 336 Å². The number of hydrogen-bond donors (Lipinski definition) is 1. The fourth-order valence-electron chi connectivity index (χ4n) is 16.2. The molecule has 0 bridgehead atoms. The molecule has 1 N–H and O–H groups in total. The van der Waals surface area contributed by atoms with Gasteiger partial charge in [-0.15, -0.1) is 11.3 Å². The number of rotatable bonds is 21. The van der Waals surface area contributed by atoms with Gasteiger partial charge < -0.3 is 19.5 Å². The van der Waals surface area contributed by atoms with E-state index in [-0.39, 0.29) is 39.5 Å². The number of anilines is 1. The van der Waals surface area contributed by atoms with Gasteiger partial charge >= 0.3 is 6.18 Å². The summed E-state index contributed by atoms with van der Waals surface area (Å²) in [6.45, 7) is 3.01. The number of aromatic nitrogens is 22. The average molecular weight is 1840 g/mol. The van der Waals surface area contributed by atoms with Gasteiger partial charge in [0.15, 0.2) is 6.61 Å². The summed E-state index contributed by atoms with van der Waals surface area (Å²) in [5.74, 6) is 3.38. The molecular weight excluding hydrogens is 1760 g/mol. The molecule has 4 fully saturated rings. The molecule has 0 unspecified atom stereocenters. The second-order valence-electron chi connectivity index (χ2n) is 34.3. The van der Waals surface area contributed by atoms with Gasteiger partial charge in [0.25, 0.3) is 28.7 Å². The predicted molar refractivity (Wildman–Crippen MR) is 508 cm³/mol. The van der Waals surface area contributed by atoms with Gasteiger partial charge in [-0.05, 0) is 215 Å². The Hall–Kier alpha value is -16.1. The van der Waals surface area contributed by atoms with Crippen molar-refractivity contribution in [2.24, 2.45) is 33.0 Å². The lowest BCUT2D eigenvalue weighted by Gasteiger charge is -2.13. The zero-order valence-electron chi connectivity index (χ0n) is 73.7. The van der Waals surface area contributed by atoms with Gasteiger partial charge in [0.05, 0.1) is 90.5 Å². The fraction of sp³-hybridized carbons (Fsp3) is 0.230. The highest BCUT2D eigenvalue weighted by atomic mass is 32.1. The number of nitrogens with one attached hydrogen (secondary N) is 1. The molecule has 4 saturated carbocycles. The maximum Gasteiger partial charge on any atom is 0.405 e. The van der Waals surface area contributed by atoms with Crippen molar-refractivity contribution in [3.8, 4) is 84.9 Å². The summed E-state index contributed by atoms with van der Waals surface area (Å²) in [6.07, 6.45) is 13.2. The molecule has 0 radical (unpaired) electrons. The van der Waals surface area contributed by atoms with E-state index < -0.39 is 31.3 Å². The number of halogens is 5. The number of thiazole rings is 1. The van der Waals surface area contributed by atoms with Crippen LogP contribution in [0.4, 0.5) is 27.8 Å². The standard InChI is InChI=1S/C27H24N6O2.C25H18F2N4O2S.C25H22N6O2.C23H18F3N7O/c1-32-14-19-12-20(7-9-22(19)30-32)33-27(34)25(18-6-8-21(28-13-18)17-4-5-17)26-23(31-33)10-11-24(29-26)35-15-16-2-3-16;26-21(27)12-33-22-10-9-19-24(29-22)23(16-5-3-15(4-6-16)14-1-2-14)25(32)31(30-19)17-7-8-18-20(11-17)34-13-28-18;1-15-3-6-17(12-26-15)23-24-21(9-10-22(27-24)33-14-16-4-5-16)29-31(25(23)32)19-7-8-20-18(11-19)13-30(2)28-20;1-13-3-4-14(10-27-13)20-21-18(7-8-19(29-21)28-12-23(24,25)26)31-33(22(20)34)16-5-6-17-15(9-16)11-32(2)30-17/h6-14,16-17H,2-5,15H2,1H3;3-11,13-14,21H,1-2,12H2;3,6-13,16H,4-5,14H2,1-2H3;3-11H,12H2,1-2H3,(H,28,29). The van der Waals surface area contributed by atoms with Crippen LogP contribution in [0, 0.1) is 25.7 Å². The van der Waals surface area contributed by atoms with Crippen molar-refractivity contribution in [1.82, 2.24) is 108 Å². The van der Waals surface area contributed by atoms with Crippen LogP contribution in [0.25, 0.3) is 154 Å². The highest BCUT2D eigenvalue weighted by molar-refractivity contribution is 7.16. The van der Waals surface area contributed by atoms with Crippen molar-refractivity contribution < 1.29 is 36.2 Å². The second-order valence-corrected chi connectivity index (χ2v) is 35.2. The van der Waals surface area contributed by atoms with Gasteiger partial charge in [-0.2, -0.15) is 67.6 Å². The Morgan fingerprint density at radius 1 is 0.397 bits per heavy atom. The number of pyridine rings is 7. The second kappa shape index (κ2) is 35.8.